The summed E-state index contributed by atoms with van der Waals surface area (Å²) in [5, 5.41) is 12.2. The Labute approximate surface area is 100 Å². The molecule has 2 N–H and O–H groups in total. The summed E-state index contributed by atoms with van der Waals surface area (Å²) in [7, 11) is 0. The van der Waals surface area contributed by atoms with Crippen molar-refractivity contribution >= 4 is 5.82 Å². The van der Waals surface area contributed by atoms with Crippen LogP contribution in [0.1, 0.15) is 11.4 Å². The molecule has 2 aromatic rings. The van der Waals surface area contributed by atoms with Crippen molar-refractivity contribution in [2.45, 2.75) is 13.0 Å². The van der Waals surface area contributed by atoms with Gasteiger partial charge in [0.15, 0.2) is 0 Å². The van der Waals surface area contributed by atoms with E-state index in [-0.39, 0.29) is 6.61 Å². The van der Waals surface area contributed by atoms with Crippen LogP contribution in [0.4, 0.5) is 5.82 Å². The first kappa shape index (κ1) is 11.5. The molecule has 0 radical (unpaired) electrons. The second-order valence-corrected chi connectivity index (χ2v) is 3.67. The first-order valence-electron chi connectivity index (χ1n) is 5.59. The smallest absolute Gasteiger partial charge is 0.126 e. The summed E-state index contributed by atoms with van der Waals surface area (Å²) in [6.45, 7) is 0.745. The molecule has 0 bridgehead atoms. The van der Waals surface area contributed by atoms with Gasteiger partial charge >= 0.3 is 0 Å². The highest BCUT2D eigenvalue weighted by Gasteiger charge is 1.97. The second-order valence-electron chi connectivity index (χ2n) is 3.67. The minimum atomic E-state index is -0.0320. The topological polar surface area (TPSA) is 58.0 Å². The molecular weight excluding hydrogens is 214 g/mol. The second kappa shape index (κ2) is 5.96. The van der Waals surface area contributed by atoms with E-state index >= 15 is 0 Å². The zero-order valence-electron chi connectivity index (χ0n) is 9.50. The molecule has 0 saturated carbocycles. The highest BCUT2D eigenvalue weighted by molar-refractivity contribution is 5.35. The number of aliphatic hydroxyl groups excluding tert-OH is 1. The van der Waals surface area contributed by atoms with Gasteiger partial charge in [-0.05, 0) is 24.3 Å². The largest absolute Gasteiger partial charge is 0.390 e. The fourth-order valence-corrected chi connectivity index (χ4v) is 1.53. The molecule has 4 heteroatoms. The molecule has 0 spiro atoms. The van der Waals surface area contributed by atoms with Crippen molar-refractivity contribution in [3.8, 4) is 0 Å². The fourth-order valence-electron chi connectivity index (χ4n) is 1.53. The van der Waals surface area contributed by atoms with Gasteiger partial charge in [0.2, 0.25) is 0 Å². The van der Waals surface area contributed by atoms with Crippen LogP contribution in [-0.4, -0.2) is 21.6 Å². The van der Waals surface area contributed by atoms with Crippen LogP contribution in [0.3, 0.4) is 0 Å². The molecule has 0 saturated heterocycles. The van der Waals surface area contributed by atoms with Crippen LogP contribution in [0.2, 0.25) is 0 Å². The van der Waals surface area contributed by atoms with E-state index < -0.39 is 0 Å². The van der Waals surface area contributed by atoms with E-state index in [2.05, 4.69) is 15.3 Å². The maximum Gasteiger partial charge on any atom is 0.126 e. The van der Waals surface area contributed by atoms with Gasteiger partial charge in [-0.2, -0.15) is 0 Å². The molecule has 0 unspecified atom stereocenters. The number of nitrogens with zero attached hydrogens (tertiary/aromatic N) is 2. The van der Waals surface area contributed by atoms with Gasteiger partial charge in [-0.1, -0.05) is 12.1 Å². The van der Waals surface area contributed by atoms with Crippen LogP contribution in [-0.2, 0) is 13.0 Å². The molecule has 17 heavy (non-hydrogen) atoms. The molecule has 2 heterocycles. The fraction of sp³-hybridized carbons (Fsp3) is 0.231. The van der Waals surface area contributed by atoms with Gasteiger partial charge in [-0.25, -0.2) is 4.98 Å². The highest BCUT2D eigenvalue weighted by Crippen LogP contribution is 2.05. The van der Waals surface area contributed by atoms with Gasteiger partial charge < -0.3 is 10.4 Å². The standard InChI is InChI=1S/C13H15N3O/c17-10-12-5-3-6-13(16-12)15-9-7-11-4-1-2-8-14-11/h1-6,8,17H,7,9-10H2,(H,15,16). The predicted octanol–water partition coefficient (Wildman–Crippen LogP) is 1.62. The summed E-state index contributed by atoms with van der Waals surface area (Å²) in [6.07, 6.45) is 2.64. The monoisotopic (exact) mass is 229 g/mol. The zero-order chi connectivity index (χ0) is 11.9. The lowest BCUT2D eigenvalue weighted by atomic mass is 10.2. The molecule has 0 aromatic carbocycles. The lowest BCUT2D eigenvalue weighted by Gasteiger charge is -2.06. The molecule has 0 aliphatic heterocycles. The third kappa shape index (κ3) is 3.53. The Hall–Kier alpha value is -1.94. The number of hydrogen-bond donors (Lipinski definition) is 2. The average molecular weight is 229 g/mol. The molecule has 0 amide bonds. The number of pyridine rings is 2. The molecule has 0 aliphatic carbocycles. The van der Waals surface area contributed by atoms with Crippen LogP contribution in [0, 0.1) is 0 Å². The van der Waals surface area contributed by atoms with Crippen LogP contribution in [0.5, 0.6) is 0 Å². The van der Waals surface area contributed by atoms with Gasteiger partial charge in [-0.3, -0.25) is 4.98 Å². The molecule has 0 atom stereocenters. The van der Waals surface area contributed by atoms with E-state index in [9.17, 15) is 0 Å². The number of aliphatic hydroxyl groups is 1. The molecule has 2 rings (SSSR count). The third-order valence-electron chi connectivity index (χ3n) is 2.38. The molecule has 0 fully saturated rings. The summed E-state index contributed by atoms with van der Waals surface area (Å²) < 4.78 is 0. The molecule has 4 nitrogen and oxygen atoms in total. The van der Waals surface area contributed by atoms with Crippen molar-refractivity contribution in [1.29, 1.82) is 0 Å². The zero-order valence-corrected chi connectivity index (χ0v) is 9.50. The van der Waals surface area contributed by atoms with Crippen molar-refractivity contribution in [2.24, 2.45) is 0 Å². The number of aromatic nitrogens is 2. The normalized spacial score (nSPS) is 10.2. The van der Waals surface area contributed by atoms with Crippen LogP contribution >= 0.6 is 0 Å². The first-order valence-corrected chi connectivity index (χ1v) is 5.59. The molecular formula is C13H15N3O. The first-order chi connectivity index (χ1) is 8.38. The van der Waals surface area contributed by atoms with Crippen LogP contribution in [0.15, 0.2) is 42.6 Å². The van der Waals surface area contributed by atoms with E-state index in [1.807, 2.05) is 30.3 Å². The Morgan fingerprint density at radius 3 is 2.71 bits per heavy atom. The minimum absolute atomic E-state index is 0.0320. The number of nitrogens with one attached hydrogen (secondary N) is 1. The summed E-state index contributed by atoms with van der Waals surface area (Å²) in [4.78, 5) is 8.48. The Balaban J connectivity index is 1.86. The number of rotatable bonds is 5. The van der Waals surface area contributed by atoms with Crippen molar-refractivity contribution in [3.05, 3.63) is 54.0 Å². The van der Waals surface area contributed by atoms with Gasteiger partial charge in [-0.15, -0.1) is 0 Å². The van der Waals surface area contributed by atoms with Gasteiger partial charge in [0.25, 0.3) is 0 Å². The summed E-state index contributed by atoms with van der Waals surface area (Å²) >= 11 is 0. The van der Waals surface area contributed by atoms with E-state index in [0.29, 0.717) is 5.69 Å². The van der Waals surface area contributed by atoms with E-state index in [4.69, 9.17) is 5.11 Å². The quantitative estimate of drug-likeness (QED) is 0.818. The Morgan fingerprint density at radius 1 is 1.06 bits per heavy atom. The highest BCUT2D eigenvalue weighted by atomic mass is 16.3. The SMILES string of the molecule is OCc1cccc(NCCc2ccccn2)n1. The lowest BCUT2D eigenvalue weighted by molar-refractivity contribution is 0.277. The van der Waals surface area contributed by atoms with E-state index in [0.717, 1.165) is 24.5 Å². The lowest BCUT2D eigenvalue weighted by Crippen LogP contribution is -2.07. The Bertz CT molecular complexity index is 459. The van der Waals surface area contributed by atoms with Crippen LogP contribution < -0.4 is 5.32 Å². The number of anilines is 1. The van der Waals surface area contributed by atoms with Crippen molar-refractivity contribution in [2.75, 3.05) is 11.9 Å². The maximum absolute atomic E-state index is 8.97. The average Bonchev–Trinajstić information content (AvgIpc) is 2.40. The molecule has 2 aromatic heterocycles. The van der Waals surface area contributed by atoms with E-state index in [1.54, 1.807) is 12.3 Å². The predicted molar refractivity (Wildman–Crippen MR) is 66.6 cm³/mol. The summed E-state index contributed by atoms with van der Waals surface area (Å²) in [5.41, 5.74) is 1.73. The van der Waals surface area contributed by atoms with Gasteiger partial charge in [0, 0.05) is 24.9 Å². The molecule has 0 aliphatic rings. The Kier molecular flexibility index (Phi) is 4.05. The van der Waals surface area contributed by atoms with Crippen molar-refractivity contribution in [1.82, 2.24) is 9.97 Å². The van der Waals surface area contributed by atoms with Gasteiger partial charge in [0.1, 0.15) is 5.82 Å². The van der Waals surface area contributed by atoms with Crippen LogP contribution in [0.25, 0.3) is 0 Å². The Morgan fingerprint density at radius 2 is 1.94 bits per heavy atom. The third-order valence-corrected chi connectivity index (χ3v) is 2.38. The number of hydrogen-bond acceptors (Lipinski definition) is 4. The molecule has 88 valence electrons. The minimum Gasteiger partial charge on any atom is -0.390 e. The summed E-state index contributed by atoms with van der Waals surface area (Å²) in [5.74, 6) is 0.785. The summed E-state index contributed by atoms with van der Waals surface area (Å²) in [6, 6.07) is 11.4. The van der Waals surface area contributed by atoms with E-state index in [1.165, 1.54) is 0 Å². The van der Waals surface area contributed by atoms with Crippen molar-refractivity contribution in [3.63, 3.8) is 0 Å². The maximum atomic E-state index is 8.97. The van der Waals surface area contributed by atoms with Crippen molar-refractivity contribution < 1.29 is 5.11 Å². The van der Waals surface area contributed by atoms with Gasteiger partial charge in [0.05, 0.1) is 12.3 Å².